The molecule has 2 aromatic carbocycles. The van der Waals surface area contributed by atoms with Crippen LogP contribution in [0.5, 0.6) is 0 Å². The molecule has 1 aliphatic carbocycles. The maximum atomic E-state index is 13.2. The highest BCUT2D eigenvalue weighted by Crippen LogP contribution is 2.48. The van der Waals surface area contributed by atoms with Gasteiger partial charge in [-0.3, -0.25) is 4.79 Å². The molecular weight excluding hydrogens is 357 g/mol. The minimum absolute atomic E-state index is 0.0325. The summed E-state index contributed by atoms with van der Waals surface area (Å²) >= 11 is 0. The van der Waals surface area contributed by atoms with E-state index < -0.39 is 24.4 Å². The van der Waals surface area contributed by atoms with Gasteiger partial charge in [-0.05, 0) is 41.7 Å². The normalized spacial score (nSPS) is 19.8. The molecule has 3 rings (SSSR count). The topological polar surface area (TPSA) is 73.1 Å². The Bertz CT molecular complexity index is 872. The second kappa shape index (κ2) is 7.41. The van der Waals surface area contributed by atoms with E-state index in [0.29, 0.717) is 12.0 Å². The third-order valence-corrected chi connectivity index (χ3v) is 4.74. The second-order valence-corrected chi connectivity index (χ2v) is 6.51. The number of hydrogen-bond donors (Lipinski definition) is 2. The van der Waals surface area contributed by atoms with Crippen molar-refractivity contribution in [3.63, 3.8) is 0 Å². The molecule has 0 heterocycles. The molecule has 0 radical (unpaired) electrons. The molecule has 2 aromatic rings. The van der Waals surface area contributed by atoms with Gasteiger partial charge in [-0.1, -0.05) is 30.3 Å². The van der Waals surface area contributed by atoms with Crippen molar-refractivity contribution in [3.8, 4) is 6.07 Å². The van der Waals surface area contributed by atoms with Crippen LogP contribution in [0.3, 0.4) is 0 Å². The van der Waals surface area contributed by atoms with Crippen molar-refractivity contribution in [2.75, 3.05) is 6.61 Å². The molecular formula is C20H17F3N2O2. The molecule has 3 unspecified atom stereocenters. The Hall–Kier alpha value is -2.85. The van der Waals surface area contributed by atoms with Gasteiger partial charge in [-0.2, -0.15) is 18.4 Å². The van der Waals surface area contributed by atoms with E-state index in [-0.39, 0.29) is 23.3 Å². The lowest BCUT2D eigenvalue weighted by atomic mass is 10.00. The number of carbonyl (C=O) groups is 1. The van der Waals surface area contributed by atoms with E-state index in [2.05, 4.69) is 5.32 Å². The van der Waals surface area contributed by atoms with Crippen LogP contribution in [0.1, 0.15) is 40.6 Å². The second-order valence-electron chi connectivity index (χ2n) is 6.51. The highest BCUT2D eigenvalue weighted by molar-refractivity contribution is 5.83. The minimum atomic E-state index is -4.57. The summed E-state index contributed by atoms with van der Waals surface area (Å²) in [6.45, 7) is -0.632. The van der Waals surface area contributed by atoms with E-state index in [1.807, 2.05) is 6.07 Å². The molecule has 27 heavy (non-hydrogen) atoms. The Kier molecular flexibility index (Phi) is 5.19. The molecule has 0 bridgehead atoms. The average molecular weight is 374 g/mol. The smallest absolute Gasteiger partial charge is 0.394 e. The lowest BCUT2D eigenvalue weighted by Crippen LogP contribution is -2.33. The van der Waals surface area contributed by atoms with E-state index in [0.717, 1.165) is 11.6 Å². The van der Waals surface area contributed by atoms with Crippen LogP contribution in [0.25, 0.3) is 0 Å². The highest BCUT2D eigenvalue weighted by atomic mass is 19.4. The number of hydrogen-bond acceptors (Lipinski definition) is 3. The van der Waals surface area contributed by atoms with E-state index in [4.69, 9.17) is 5.26 Å². The molecule has 1 fully saturated rings. The van der Waals surface area contributed by atoms with Crippen molar-refractivity contribution in [1.29, 1.82) is 5.26 Å². The van der Waals surface area contributed by atoms with Crippen LogP contribution in [-0.2, 0) is 11.0 Å². The van der Waals surface area contributed by atoms with Gasteiger partial charge in [0.1, 0.15) is 0 Å². The zero-order valence-electron chi connectivity index (χ0n) is 14.2. The van der Waals surface area contributed by atoms with Crippen LogP contribution < -0.4 is 5.32 Å². The van der Waals surface area contributed by atoms with Crippen molar-refractivity contribution in [2.45, 2.75) is 24.6 Å². The monoisotopic (exact) mass is 374 g/mol. The molecule has 0 aromatic heterocycles. The number of carbonyl (C=O) groups excluding carboxylic acids is 1. The largest absolute Gasteiger partial charge is 0.416 e. The molecule has 7 heteroatoms. The third-order valence-electron chi connectivity index (χ3n) is 4.74. The zero-order chi connectivity index (χ0) is 19.6. The SMILES string of the molecule is N#Cc1ccc(C2CC2C(=O)NC(CO)c2ccccc2C(F)(F)F)cc1. The van der Waals surface area contributed by atoms with Crippen LogP contribution in [0.2, 0.25) is 0 Å². The molecule has 1 amide bonds. The number of rotatable bonds is 5. The summed E-state index contributed by atoms with van der Waals surface area (Å²) in [7, 11) is 0. The Morgan fingerprint density at radius 3 is 2.48 bits per heavy atom. The maximum Gasteiger partial charge on any atom is 0.416 e. The number of nitrogens with zero attached hydrogens (tertiary/aromatic N) is 1. The quantitative estimate of drug-likeness (QED) is 0.841. The molecule has 3 atom stereocenters. The van der Waals surface area contributed by atoms with Gasteiger partial charge in [-0.15, -0.1) is 0 Å². The number of alkyl halides is 3. The van der Waals surface area contributed by atoms with E-state index in [9.17, 15) is 23.1 Å². The Morgan fingerprint density at radius 2 is 1.89 bits per heavy atom. The molecule has 0 spiro atoms. The van der Waals surface area contributed by atoms with Gasteiger partial charge in [-0.25, -0.2) is 0 Å². The van der Waals surface area contributed by atoms with Crippen molar-refractivity contribution in [3.05, 3.63) is 70.8 Å². The Labute approximate surface area is 154 Å². The number of aliphatic hydroxyl groups excluding tert-OH is 1. The first-order valence-electron chi connectivity index (χ1n) is 8.42. The van der Waals surface area contributed by atoms with Gasteiger partial charge in [0, 0.05) is 5.92 Å². The van der Waals surface area contributed by atoms with Crippen molar-refractivity contribution in [1.82, 2.24) is 5.32 Å². The summed E-state index contributed by atoms with van der Waals surface area (Å²) in [4.78, 5) is 12.5. The fourth-order valence-corrected chi connectivity index (χ4v) is 3.22. The summed E-state index contributed by atoms with van der Waals surface area (Å²) in [5, 5.41) is 20.9. The molecule has 0 aliphatic heterocycles. The number of aliphatic hydroxyl groups is 1. The molecule has 2 N–H and O–H groups in total. The van der Waals surface area contributed by atoms with Gasteiger partial charge in [0.15, 0.2) is 0 Å². The van der Waals surface area contributed by atoms with Crippen molar-refractivity contribution in [2.24, 2.45) is 5.92 Å². The first kappa shape index (κ1) is 18.9. The number of halogens is 3. The average Bonchev–Trinajstić information content (AvgIpc) is 3.46. The van der Waals surface area contributed by atoms with E-state index in [1.54, 1.807) is 24.3 Å². The van der Waals surface area contributed by atoms with Gasteiger partial charge < -0.3 is 10.4 Å². The van der Waals surface area contributed by atoms with Crippen LogP contribution in [0.15, 0.2) is 48.5 Å². The lowest BCUT2D eigenvalue weighted by molar-refractivity contribution is -0.139. The van der Waals surface area contributed by atoms with E-state index in [1.165, 1.54) is 18.2 Å². The molecule has 1 saturated carbocycles. The van der Waals surface area contributed by atoms with Crippen LogP contribution >= 0.6 is 0 Å². The summed E-state index contributed by atoms with van der Waals surface area (Å²) in [5.41, 5.74) is 0.398. The van der Waals surface area contributed by atoms with Gasteiger partial charge in [0.2, 0.25) is 5.91 Å². The minimum Gasteiger partial charge on any atom is -0.394 e. The highest BCUT2D eigenvalue weighted by Gasteiger charge is 2.45. The first-order chi connectivity index (χ1) is 12.8. The summed E-state index contributed by atoms with van der Waals surface area (Å²) < 4.78 is 39.5. The Balaban J connectivity index is 1.71. The molecule has 4 nitrogen and oxygen atoms in total. The van der Waals surface area contributed by atoms with Gasteiger partial charge in [0.05, 0.1) is 29.8 Å². The molecule has 0 saturated heterocycles. The van der Waals surface area contributed by atoms with Crippen LogP contribution in [-0.4, -0.2) is 17.6 Å². The summed E-state index contributed by atoms with van der Waals surface area (Å²) in [5.74, 6) is -0.777. The van der Waals surface area contributed by atoms with Crippen LogP contribution in [0.4, 0.5) is 13.2 Å². The van der Waals surface area contributed by atoms with Crippen molar-refractivity contribution >= 4 is 5.91 Å². The summed E-state index contributed by atoms with van der Waals surface area (Å²) in [6, 6.07) is 12.7. The third kappa shape index (κ3) is 4.12. The van der Waals surface area contributed by atoms with E-state index >= 15 is 0 Å². The number of nitrogens with one attached hydrogen (secondary N) is 1. The van der Waals surface area contributed by atoms with Gasteiger partial charge in [0.25, 0.3) is 0 Å². The zero-order valence-corrected chi connectivity index (χ0v) is 14.2. The predicted octanol–water partition coefficient (Wildman–Crippen LogP) is 3.53. The standard InChI is InChI=1S/C20H17F3N2O2/c21-20(22,23)17-4-2-1-3-14(17)18(11-26)25-19(27)16-9-15(16)13-7-5-12(10-24)6-8-13/h1-8,15-16,18,26H,9,11H2,(H,25,27). The number of amides is 1. The fraction of sp³-hybridized carbons (Fsp3) is 0.300. The number of nitriles is 1. The Morgan fingerprint density at radius 1 is 1.22 bits per heavy atom. The maximum absolute atomic E-state index is 13.2. The van der Waals surface area contributed by atoms with Crippen LogP contribution in [0, 0.1) is 17.2 Å². The fourth-order valence-electron chi connectivity index (χ4n) is 3.22. The molecule has 140 valence electrons. The summed E-state index contributed by atoms with van der Waals surface area (Å²) in [6.07, 6.45) is -3.99. The molecule has 1 aliphatic rings. The predicted molar refractivity (Wildman–Crippen MR) is 91.4 cm³/mol. The van der Waals surface area contributed by atoms with Crippen molar-refractivity contribution < 1.29 is 23.1 Å². The van der Waals surface area contributed by atoms with Gasteiger partial charge >= 0.3 is 6.18 Å². The lowest BCUT2D eigenvalue weighted by Gasteiger charge is -2.21. The number of benzene rings is 2. The first-order valence-corrected chi connectivity index (χ1v) is 8.42.